The van der Waals surface area contributed by atoms with E-state index < -0.39 is 0 Å². The van der Waals surface area contributed by atoms with Crippen molar-refractivity contribution in [1.82, 2.24) is 9.66 Å². The van der Waals surface area contributed by atoms with Gasteiger partial charge in [0.1, 0.15) is 12.4 Å². The Labute approximate surface area is 212 Å². The lowest BCUT2D eigenvalue weighted by Gasteiger charge is -2.22. The predicted octanol–water partition coefficient (Wildman–Crippen LogP) is 6.09. The fourth-order valence-electron chi connectivity index (χ4n) is 4.18. The van der Waals surface area contributed by atoms with E-state index in [1.165, 1.54) is 26.9 Å². The van der Waals surface area contributed by atoms with E-state index in [-0.39, 0.29) is 11.0 Å². The molecule has 1 heterocycles. The van der Waals surface area contributed by atoms with Crippen molar-refractivity contribution in [3.8, 4) is 11.5 Å². The summed E-state index contributed by atoms with van der Waals surface area (Å²) in [5.74, 6) is 1.76. The van der Waals surface area contributed by atoms with E-state index in [1.54, 1.807) is 26.3 Å². The van der Waals surface area contributed by atoms with Gasteiger partial charge in [0.05, 0.1) is 24.2 Å². The first kappa shape index (κ1) is 25.2. The summed E-state index contributed by atoms with van der Waals surface area (Å²) in [4.78, 5) is 17.4. The van der Waals surface area contributed by atoms with Crippen LogP contribution in [0.25, 0.3) is 10.9 Å². The summed E-state index contributed by atoms with van der Waals surface area (Å²) in [5, 5.41) is 4.93. The topological polar surface area (TPSA) is 65.7 Å². The number of fused-ring (bicyclic) bond motifs is 1. The molecule has 0 amide bonds. The van der Waals surface area contributed by atoms with Gasteiger partial charge in [-0.05, 0) is 84.3 Å². The molecule has 0 atom stereocenters. The average molecular weight is 484 g/mol. The van der Waals surface area contributed by atoms with Crippen LogP contribution in [0.1, 0.15) is 54.4 Å². The number of aromatic nitrogens is 2. The van der Waals surface area contributed by atoms with Gasteiger partial charge in [0.2, 0.25) is 0 Å². The Hall–Kier alpha value is -3.93. The Balaban J connectivity index is 1.56. The third kappa shape index (κ3) is 5.18. The first-order valence-electron chi connectivity index (χ1n) is 12.0. The van der Waals surface area contributed by atoms with E-state index in [1.807, 2.05) is 36.4 Å². The highest BCUT2D eigenvalue weighted by Gasteiger charge is 2.17. The summed E-state index contributed by atoms with van der Waals surface area (Å²) < 4.78 is 13.1. The molecule has 36 heavy (non-hydrogen) atoms. The number of benzene rings is 3. The van der Waals surface area contributed by atoms with Crippen LogP contribution in [0.2, 0.25) is 0 Å². The van der Waals surface area contributed by atoms with Gasteiger partial charge in [-0.3, -0.25) is 4.79 Å². The number of rotatable bonds is 6. The minimum atomic E-state index is -0.204. The summed E-state index contributed by atoms with van der Waals surface area (Å²) in [7, 11) is 1.61. The molecule has 6 heteroatoms. The van der Waals surface area contributed by atoms with Crippen LogP contribution in [-0.4, -0.2) is 23.0 Å². The normalized spacial score (nSPS) is 11.9. The largest absolute Gasteiger partial charge is 0.493 e. The molecule has 0 N–H and O–H groups in total. The molecule has 186 valence electrons. The zero-order chi connectivity index (χ0) is 26.0. The van der Waals surface area contributed by atoms with Gasteiger partial charge in [-0.1, -0.05) is 45.0 Å². The average Bonchev–Trinajstić information content (AvgIpc) is 2.83. The second-order valence-electron chi connectivity index (χ2n) is 10.1. The standard InChI is InChI=1S/C30H33N3O3/c1-19-14-23(30(4,5)6)15-20(2)25(19)18-36-27-13-12-22(16-28(27)35-7)17-31-33-21(3)32-26-11-9-8-10-24(26)29(33)34/h8-17H,18H2,1-7H3. The van der Waals surface area contributed by atoms with E-state index in [9.17, 15) is 4.79 Å². The van der Waals surface area contributed by atoms with E-state index in [4.69, 9.17) is 9.47 Å². The molecule has 0 radical (unpaired) electrons. The molecule has 4 aromatic rings. The highest BCUT2D eigenvalue weighted by atomic mass is 16.5. The Morgan fingerprint density at radius 1 is 0.972 bits per heavy atom. The molecule has 0 bridgehead atoms. The molecule has 0 unspecified atom stereocenters. The van der Waals surface area contributed by atoms with Crippen molar-refractivity contribution in [2.45, 2.75) is 53.6 Å². The zero-order valence-corrected chi connectivity index (χ0v) is 22.0. The number of hydrogen-bond donors (Lipinski definition) is 0. The van der Waals surface area contributed by atoms with Crippen LogP contribution < -0.4 is 15.0 Å². The molecular weight excluding hydrogens is 450 g/mol. The number of hydrogen-bond acceptors (Lipinski definition) is 5. The third-order valence-electron chi connectivity index (χ3n) is 6.36. The molecule has 1 aromatic heterocycles. The van der Waals surface area contributed by atoms with Gasteiger partial charge in [0, 0.05) is 0 Å². The van der Waals surface area contributed by atoms with Crippen LogP contribution in [0, 0.1) is 20.8 Å². The second-order valence-corrected chi connectivity index (χ2v) is 10.1. The fourth-order valence-corrected chi connectivity index (χ4v) is 4.18. The molecule has 0 aliphatic heterocycles. The number of methoxy groups -OCH3 is 1. The smallest absolute Gasteiger partial charge is 0.282 e. The minimum absolute atomic E-state index is 0.0993. The van der Waals surface area contributed by atoms with Crippen molar-refractivity contribution in [3.63, 3.8) is 0 Å². The van der Waals surface area contributed by atoms with E-state index in [0.717, 1.165) is 5.56 Å². The molecule has 0 spiro atoms. The van der Waals surface area contributed by atoms with Crippen molar-refractivity contribution in [3.05, 3.63) is 98.6 Å². The summed E-state index contributed by atoms with van der Waals surface area (Å²) in [5.41, 5.74) is 6.26. The quantitative estimate of drug-likeness (QED) is 0.311. The maximum Gasteiger partial charge on any atom is 0.282 e. The van der Waals surface area contributed by atoms with Gasteiger partial charge in [-0.2, -0.15) is 9.78 Å². The predicted molar refractivity (Wildman–Crippen MR) is 146 cm³/mol. The molecule has 0 saturated carbocycles. The second kappa shape index (κ2) is 9.97. The SMILES string of the molecule is COc1cc(C=Nn2c(C)nc3ccccc3c2=O)ccc1OCc1c(C)cc(C(C)(C)C)cc1C. The molecule has 0 aliphatic rings. The molecule has 0 fully saturated rings. The van der Waals surface area contributed by atoms with E-state index >= 15 is 0 Å². The number of ether oxygens (including phenoxy) is 2. The number of aryl methyl sites for hydroxylation is 3. The number of para-hydroxylation sites is 1. The third-order valence-corrected chi connectivity index (χ3v) is 6.36. The highest BCUT2D eigenvalue weighted by molar-refractivity contribution is 5.81. The van der Waals surface area contributed by atoms with Crippen molar-refractivity contribution in [2.75, 3.05) is 7.11 Å². The molecule has 0 aliphatic carbocycles. The molecule has 4 rings (SSSR count). The fraction of sp³-hybridized carbons (Fsp3) is 0.300. The minimum Gasteiger partial charge on any atom is -0.493 e. The maximum atomic E-state index is 12.9. The molecule has 6 nitrogen and oxygen atoms in total. The Bertz CT molecular complexity index is 1490. The van der Waals surface area contributed by atoms with Crippen LogP contribution in [-0.2, 0) is 12.0 Å². The monoisotopic (exact) mass is 483 g/mol. The van der Waals surface area contributed by atoms with Crippen LogP contribution in [0.4, 0.5) is 0 Å². The van der Waals surface area contributed by atoms with Crippen LogP contribution >= 0.6 is 0 Å². The van der Waals surface area contributed by atoms with Gasteiger partial charge in [-0.25, -0.2) is 4.98 Å². The highest BCUT2D eigenvalue weighted by Crippen LogP contribution is 2.31. The summed E-state index contributed by atoms with van der Waals surface area (Å²) in [6.07, 6.45) is 1.62. The Morgan fingerprint density at radius 2 is 1.67 bits per heavy atom. The van der Waals surface area contributed by atoms with Gasteiger partial charge >= 0.3 is 0 Å². The van der Waals surface area contributed by atoms with Crippen molar-refractivity contribution >= 4 is 17.1 Å². The van der Waals surface area contributed by atoms with Gasteiger partial charge in [0.25, 0.3) is 5.56 Å². The Morgan fingerprint density at radius 3 is 2.33 bits per heavy atom. The molecule has 0 saturated heterocycles. The lowest BCUT2D eigenvalue weighted by Crippen LogP contribution is -2.20. The lowest BCUT2D eigenvalue weighted by molar-refractivity contribution is 0.283. The van der Waals surface area contributed by atoms with E-state index in [0.29, 0.717) is 34.8 Å². The van der Waals surface area contributed by atoms with E-state index in [2.05, 4.69) is 56.8 Å². The maximum absolute atomic E-state index is 12.9. The van der Waals surface area contributed by atoms with Crippen molar-refractivity contribution in [1.29, 1.82) is 0 Å². The summed E-state index contributed by atoms with van der Waals surface area (Å²) in [6, 6.07) is 17.3. The van der Waals surface area contributed by atoms with Crippen LogP contribution in [0.3, 0.4) is 0 Å². The van der Waals surface area contributed by atoms with Crippen molar-refractivity contribution < 1.29 is 9.47 Å². The summed E-state index contributed by atoms with van der Waals surface area (Å²) >= 11 is 0. The van der Waals surface area contributed by atoms with Crippen LogP contribution in [0.5, 0.6) is 11.5 Å². The first-order valence-corrected chi connectivity index (χ1v) is 12.0. The molecule has 3 aromatic carbocycles. The number of nitrogens with zero attached hydrogens (tertiary/aromatic N) is 3. The summed E-state index contributed by atoms with van der Waals surface area (Å²) in [6.45, 7) is 13.1. The Kier molecular flexibility index (Phi) is 6.97. The van der Waals surface area contributed by atoms with Crippen molar-refractivity contribution in [2.24, 2.45) is 5.10 Å². The van der Waals surface area contributed by atoms with Gasteiger partial charge in [-0.15, -0.1) is 0 Å². The van der Waals surface area contributed by atoms with Crippen LogP contribution in [0.15, 0.2) is 64.5 Å². The first-order chi connectivity index (χ1) is 17.1. The lowest BCUT2D eigenvalue weighted by atomic mass is 9.84. The zero-order valence-electron chi connectivity index (χ0n) is 22.0. The van der Waals surface area contributed by atoms with Gasteiger partial charge in [0.15, 0.2) is 11.5 Å². The molecular formula is C30H33N3O3. The van der Waals surface area contributed by atoms with Gasteiger partial charge < -0.3 is 9.47 Å².